The molecular formula is C10H19N3. The molecule has 0 saturated heterocycles. The van der Waals surface area contributed by atoms with E-state index in [9.17, 15) is 0 Å². The Morgan fingerprint density at radius 1 is 0.923 bits per heavy atom. The maximum absolute atomic E-state index is 5.51. The lowest BCUT2D eigenvalue weighted by atomic mass is 10.2. The van der Waals surface area contributed by atoms with Gasteiger partial charge in [-0.25, -0.2) is 0 Å². The summed E-state index contributed by atoms with van der Waals surface area (Å²) in [5.74, 6) is 0. The predicted octanol–water partition coefficient (Wildman–Crippen LogP) is 3.01. The van der Waals surface area contributed by atoms with Crippen molar-refractivity contribution >= 4 is 0 Å². The molecule has 0 fully saturated rings. The van der Waals surface area contributed by atoms with E-state index in [1.54, 1.807) is 0 Å². The fourth-order valence-corrected chi connectivity index (χ4v) is 0.580. The van der Waals surface area contributed by atoms with Gasteiger partial charge in [-0.15, -0.1) is 0 Å². The van der Waals surface area contributed by atoms with Crippen LogP contribution in [0.4, 0.5) is 0 Å². The van der Waals surface area contributed by atoms with E-state index in [0.717, 1.165) is 17.0 Å². The smallest absolute Gasteiger partial charge is 0.0752 e. The molecule has 0 aromatic carbocycles. The predicted molar refractivity (Wildman–Crippen MR) is 56.3 cm³/mol. The number of rotatable bonds is 3. The lowest BCUT2D eigenvalue weighted by molar-refractivity contribution is 0.961. The molecule has 0 aliphatic rings. The normalized spacial score (nSPS) is 10.3. The highest BCUT2D eigenvalue weighted by atomic mass is 15.1. The van der Waals surface area contributed by atoms with Crippen molar-refractivity contribution in [3.63, 3.8) is 0 Å². The highest BCUT2D eigenvalue weighted by Crippen LogP contribution is 2.08. The van der Waals surface area contributed by atoms with Crippen LogP contribution in [0.15, 0.2) is 32.8 Å². The van der Waals surface area contributed by atoms with Gasteiger partial charge in [-0.1, -0.05) is 11.1 Å². The zero-order valence-electron chi connectivity index (χ0n) is 9.18. The van der Waals surface area contributed by atoms with E-state index in [-0.39, 0.29) is 0 Å². The molecule has 0 aromatic rings. The number of allylic oxidation sites excluding steroid dienone is 3. The van der Waals surface area contributed by atoms with Crippen LogP contribution in [-0.2, 0) is 0 Å². The van der Waals surface area contributed by atoms with Crippen molar-refractivity contribution in [3.8, 4) is 0 Å². The number of hydrogen-bond donors (Lipinski definition) is 1. The first-order chi connectivity index (χ1) is 5.99. The van der Waals surface area contributed by atoms with Crippen molar-refractivity contribution in [2.45, 2.75) is 34.6 Å². The van der Waals surface area contributed by atoms with Crippen molar-refractivity contribution < 1.29 is 0 Å². The summed E-state index contributed by atoms with van der Waals surface area (Å²) in [5, 5.41) is 8.17. The molecule has 0 unspecified atom stereocenters. The molecule has 0 atom stereocenters. The third-order valence-electron chi connectivity index (χ3n) is 1.81. The molecule has 3 nitrogen and oxygen atoms in total. The zero-order valence-corrected chi connectivity index (χ0v) is 9.18. The summed E-state index contributed by atoms with van der Waals surface area (Å²) in [6.45, 7) is 10.4. The van der Waals surface area contributed by atoms with Crippen molar-refractivity contribution in [2.24, 2.45) is 16.0 Å². The fraction of sp³-hybridized carbons (Fsp3) is 0.600. The van der Waals surface area contributed by atoms with E-state index in [1.807, 2.05) is 34.6 Å². The molecule has 0 aliphatic heterocycles. The van der Waals surface area contributed by atoms with Crippen LogP contribution in [0, 0.1) is 0 Å². The van der Waals surface area contributed by atoms with Gasteiger partial charge >= 0.3 is 0 Å². The van der Waals surface area contributed by atoms with Crippen LogP contribution in [0.25, 0.3) is 0 Å². The summed E-state index contributed by atoms with van der Waals surface area (Å²) >= 11 is 0. The minimum absolute atomic E-state index is 0.446. The van der Waals surface area contributed by atoms with Crippen LogP contribution >= 0.6 is 0 Å². The molecule has 0 aromatic heterocycles. The quantitative estimate of drug-likeness (QED) is 0.668. The summed E-state index contributed by atoms with van der Waals surface area (Å²) in [4.78, 5) is 0. The van der Waals surface area contributed by atoms with Crippen LogP contribution in [0.2, 0.25) is 0 Å². The zero-order chi connectivity index (χ0) is 10.4. The lowest BCUT2D eigenvalue weighted by Crippen LogP contribution is -2.02. The second-order valence-corrected chi connectivity index (χ2v) is 3.44. The highest BCUT2D eigenvalue weighted by Gasteiger charge is 1.94. The van der Waals surface area contributed by atoms with E-state index in [0.29, 0.717) is 6.54 Å². The molecule has 0 heterocycles. The van der Waals surface area contributed by atoms with Crippen molar-refractivity contribution in [1.29, 1.82) is 0 Å². The maximum Gasteiger partial charge on any atom is 0.0752 e. The van der Waals surface area contributed by atoms with Gasteiger partial charge in [0.2, 0.25) is 0 Å². The molecule has 13 heavy (non-hydrogen) atoms. The number of hydrogen-bond acceptors (Lipinski definition) is 3. The molecule has 2 N–H and O–H groups in total. The lowest BCUT2D eigenvalue weighted by Gasteiger charge is -1.99. The van der Waals surface area contributed by atoms with E-state index in [1.165, 1.54) is 5.57 Å². The molecular weight excluding hydrogens is 162 g/mol. The largest absolute Gasteiger partial charge is 0.325 e. The molecule has 0 saturated carbocycles. The van der Waals surface area contributed by atoms with Crippen LogP contribution in [0.1, 0.15) is 34.6 Å². The topological polar surface area (TPSA) is 50.7 Å². The standard InChI is InChI=1S/C10H19N3/c1-7(2)9(5)12-13-10(6-11)8(3)4/h6,11H2,1-5H3. The molecule has 0 radical (unpaired) electrons. The third-order valence-corrected chi connectivity index (χ3v) is 1.81. The van der Waals surface area contributed by atoms with Crippen LogP contribution < -0.4 is 5.73 Å². The molecule has 0 bridgehead atoms. The average Bonchev–Trinajstić information content (AvgIpc) is 2.04. The second kappa shape index (κ2) is 5.65. The van der Waals surface area contributed by atoms with Crippen LogP contribution in [-0.4, -0.2) is 6.54 Å². The van der Waals surface area contributed by atoms with Crippen LogP contribution in [0.3, 0.4) is 0 Å². The Hall–Kier alpha value is -0.960. The first kappa shape index (κ1) is 12.0. The Kier molecular flexibility index (Phi) is 5.23. The first-order valence-corrected chi connectivity index (χ1v) is 4.41. The van der Waals surface area contributed by atoms with Crippen LogP contribution in [0.5, 0.6) is 0 Å². The molecule has 3 heteroatoms. The van der Waals surface area contributed by atoms with Gasteiger partial charge in [0.05, 0.1) is 11.4 Å². The van der Waals surface area contributed by atoms with Gasteiger partial charge in [0.15, 0.2) is 0 Å². The van der Waals surface area contributed by atoms with E-state index in [4.69, 9.17) is 5.73 Å². The van der Waals surface area contributed by atoms with E-state index < -0.39 is 0 Å². The van der Waals surface area contributed by atoms with Gasteiger partial charge in [0, 0.05) is 6.54 Å². The number of nitrogens with two attached hydrogens (primary N) is 1. The summed E-state index contributed by atoms with van der Waals surface area (Å²) in [6, 6.07) is 0. The Bertz CT molecular complexity index is 251. The third kappa shape index (κ3) is 4.58. The number of azo groups is 1. The Balaban J connectivity index is 4.62. The summed E-state index contributed by atoms with van der Waals surface area (Å²) in [5.41, 5.74) is 9.61. The Labute approximate surface area is 80.4 Å². The van der Waals surface area contributed by atoms with Gasteiger partial charge in [-0.3, -0.25) is 0 Å². The maximum atomic E-state index is 5.51. The summed E-state index contributed by atoms with van der Waals surface area (Å²) in [6.07, 6.45) is 0. The van der Waals surface area contributed by atoms with Crippen molar-refractivity contribution in [3.05, 3.63) is 22.5 Å². The second-order valence-electron chi connectivity index (χ2n) is 3.44. The van der Waals surface area contributed by atoms with Crippen molar-refractivity contribution in [2.75, 3.05) is 6.54 Å². The minimum Gasteiger partial charge on any atom is -0.325 e. The Morgan fingerprint density at radius 2 is 1.46 bits per heavy atom. The molecule has 0 amide bonds. The molecule has 0 rings (SSSR count). The molecule has 74 valence electrons. The van der Waals surface area contributed by atoms with Crippen molar-refractivity contribution in [1.82, 2.24) is 0 Å². The van der Waals surface area contributed by atoms with Gasteiger partial charge in [0.25, 0.3) is 0 Å². The van der Waals surface area contributed by atoms with Gasteiger partial charge in [-0.2, -0.15) is 10.2 Å². The minimum atomic E-state index is 0.446. The van der Waals surface area contributed by atoms with E-state index in [2.05, 4.69) is 10.2 Å². The monoisotopic (exact) mass is 181 g/mol. The average molecular weight is 181 g/mol. The molecule has 0 spiro atoms. The SMILES string of the molecule is CC(C)=C(C)N=NC(CN)=C(C)C. The summed E-state index contributed by atoms with van der Waals surface area (Å²) < 4.78 is 0. The summed E-state index contributed by atoms with van der Waals surface area (Å²) in [7, 11) is 0. The van der Waals surface area contributed by atoms with Gasteiger partial charge in [-0.05, 0) is 34.6 Å². The van der Waals surface area contributed by atoms with Gasteiger partial charge < -0.3 is 5.73 Å². The Morgan fingerprint density at radius 3 is 1.77 bits per heavy atom. The van der Waals surface area contributed by atoms with Gasteiger partial charge in [0.1, 0.15) is 0 Å². The van der Waals surface area contributed by atoms with E-state index >= 15 is 0 Å². The highest BCUT2D eigenvalue weighted by molar-refractivity contribution is 5.10. The molecule has 0 aliphatic carbocycles. The fourth-order valence-electron chi connectivity index (χ4n) is 0.580. The first-order valence-electron chi connectivity index (χ1n) is 4.41. The number of nitrogens with zero attached hydrogens (tertiary/aromatic N) is 2.